The minimum atomic E-state index is -0.643. The summed E-state index contributed by atoms with van der Waals surface area (Å²) in [5, 5.41) is 0. The molecule has 2 aromatic rings. The summed E-state index contributed by atoms with van der Waals surface area (Å²) in [5.74, 6) is 0.487. The third kappa shape index (κ3) is 6.27. The first-order valence-electron chi connectivity index (χ1n) is 13.8. The van der Waals surface area contributed by atoms with E-state index in [1.807, 2.05) is 13.0 Å². The second-order valence-electron chi connectivity index (χ2n) is 10.7. The van der Waals surface area contributed by atoms with E-state index in [-0.39, 0.29) is 12.0 Å². The van der Waals surface area contributed by atoms with Crippen LogP contribution in [0.25, 0.3) is 0 Å². The fourth-order valence-corrected chi connectivity index (χ4v) is 6.22. The molecule has 0 N–H and O–H groups in total. The fourth-order valence-electron chi connectivity index (χ4n) is 6.22. The summed E-state index contributed by atoms with van der Waals surface area (Å²) in [7, 11) is 0. The van der Waals surface area contributed by atoms with Crippen molar-refractivity contribution in [1.29, 1.82) is 0 Å². The predicted octanol–water partition coefficient (Wildman–Crippen LogP) is 9.23. The van der Waals surface area contributed by atoms with Crippen LogP contribution in [-0.2, 0) is 17.8 Å². The van der Waals surface area contributed by atoms with Crippen LogP contribution in [-0.4, -0.2) is 6.10 Å². The number of ether oxygens (including phenoxy) is 1. The van der Waals surface area contributed by atoms with Gasteiger partial charge in [0.1, 0.15) is 0 Å². The quantitative estimate of drug-likeness (QED) is 0.356. The topological polar surface area (TPSA) is 9.23 Å². The number of halogens is 2. The molecule has 0 amide bonds. The van der Waals surface area contributed by atoms with Crippen LogP contribution in [0.2, 0.25) is 0 Å². The Morgan fingerprint density at radius 2 is 1.41 bits per heavy atom. The molecule has 1 nitrogen and oxygen atoms in total. The third-order valence-corrected chi connectivity index (χ3v) is 8.31. The van der Waals surface area contributed by atoms with Crippen LogP contribution in [0.15, 0.2) is 36.4 Å². The van der Waals surface area contributed by atoms with Gasteiger partial charge in [-0.2, -0.15) is 0 Å². The molecule has 0 aliphatic heterocycles. The zero-order chi connectivity index (χ0) is 23.9. The normalized spacial score (nSPS) is 25.4. The fraction of sp³-hybridized carbons (Fsp3) is 0.613. The largest absolute Gasteiger partial charge is 0.374 e. The first-order valence-corrected chi connectivity index (χ1v) is 13.8. The molecule has 4 rings (SSSR count). The van der Waals surface area contributed by atoms with Crippen LogP contribution in [0.1, 0.15) is 119 Å². The second-order valence-corrected chi connectivity index (χ2v) is 10.7. The smallest absolute Gasteiger partial charge is 0.162 e. The monoisotopic (exact) mass is 468 g/mol. The van der Waals surface area contributed by atoms with Gasteiger partial charge in [-0.3, -0.25) is 0 Å². The number of aryl methyl sites for hydroxylation is 1. The van der Waals surface area contributed by atoms with Gasteiger partial charge in [-0.1, -0.05) is 69.5 Å². The molecular weight excluding hydrogens is 426 g/mol. The summed E-state index contributed by atoms with van der Waals surface area (Å²) in [6.45, 7) is 4.92. The van der Waals surface area contributed by atoms with Gasteiger partial charge in [0.25, 0.3) is 0 Å². The van der Waals surface area contributed by atoms with Gasteiger partial charge in [0, 0.05) is 0 Å². The second kappa shape index (κ2) is 12.3. The van der Waals surface area contributed by atoms with Gasteiger partial charge in [-0.25, -0.2) is 8.78 Å². The number of benzene rings is 2. The van der Waals surface area contributed by atoms with Crippen molar-refractivity contribution in [3.63, 3.8) is 0 Å². The molecule has 0 aromatic heterocycles. The van der Waals surface area contributed by atoms with Crippen molar-refractivity contribution >= 4 is 0 Å². The van der Waals surface area contributed by atoms with Crippen molar-refractivity contribution in [3.8, 4) is 0 Å². The minimum Gasteiger partial charge on any atom is -0.374 e. The molecule has 0 radical (unpaired) electrons. The minimum absolute atomic E-state index is 0.0942. The van der Waals surface area contributed by atoms with Gasteiger partial charge in [0.05, 0.1) is 12.7 Å². The van der Waals surface area contributed by atoms with E-state index in [0.29, 0.717) is 24.2 Å². The Kier molecular flexibility index (Phi) is 9.17. The standard InChI is InChI=1S/C31H42F2O/c1-3-5-22-7-11-24(12-8-22)25-13-9-23(10-14-25)21-34-28-18-15-26(16-19-28)29-20-17-27(6-4-2)30(32)31(29)33/h9-10,13-14,17,20,22,24,26,28H,3-8,11-12,15-16,18-19,21H2,1-2H3. The van der Waals surface area contributed by atoms with Gasteiger partial charge in [-0.15, -0.1) is 0 Å². The van der Waals surface area contributed by atoms with E-state index in [4.69, 9.17) is 4.74 Å². The van der Waals surface area contributed by atoms with Crippen molar-refractivity contribution in [2.45, 2.75) is 115 Å². The van der Waals surface area contributed by atoms with Crippen molar-refractivity contribution in [3.05, 3.63) is 70.3 Å². The van der Waals surface area contributed by atoms with E-state index in [9.17, 15) is 8.78 Å². The molecule has 0 saturated heterocycles. The van der Waals surface area contributed by atoms with Gasteiger partial charge in [0.15, 0.2) is 11.6 Å². The molecule has 2 fully saturated rings. The lowest BCUT2D eigenvalue weighted by Gasteiger charge is -2.29. The summed E-state index contributed by atoms with van der Waals surface area (Å²) in [5.41, 5.74) is 3.76. The van der Waals surface area contributed by atoms with Crippen molar-refractivity contribution in [2.75, 3.05) is 0 Å². The van der Waals surface area contributed by atoms with E-state index in [1.54, 1.807) is 6.07 Å². The van der Waals surface area contributed by atoms with Crippen molar-refractivity contribution in [1.82, 2.24) is 0 Å². The van der Waals surface area contributed by atoms with Crippen molar-refractivity contribution < 1.29 is 13.5 Å². The maximum atomic E-state index is 14.7. The van der Waals surface area contributed by atoms with Crippen molar-refractivity contribution in [2.24, 2.45) is 5.92 Å². The van der Waals surface area contributed by atoms with Crippen LogP contribution in [0.5, 0.6) is 0 Å². The Labute approximate surface area is 205 Å². The highest BCUT2D eigenvalue weighted by atomic mass is 19.2. The van der Waals surface area contributed by atoms with E-state index in [0.717, 1.165) is 43.9 Å². The van der Waals surface area contributed by atoms with Gasteiger partial charge in [-0.05, 0) is 97.8 Å². The zero-order valence-electron chi connectivity index (χ0n) is 21.1. The van der Waals surface area contributed by atoms with Crippen LogP contribution < -0.4 is 0 Å². The molecule has 0 spiro atoms. The summed E-state index contributed by atoms with van der Waals surface area (Å²) in [6.07, 6.45) is 13.3. The molecule has 0 unspecified atom stereocenters. The highest BCUT2D eigenvalue weighted by Crippen LogP contribution is 2.38. The first kappa shape index (κ1) is 25.4. The Morgan fingerprint density at radius 1 is 0.735 bits per heavy atom. The average Bonchev–Trinajstić information content (AvgIpc) is 2.87. The molecule has 0 bridgehead atoms. The predicted molar refractivity (Wildman–Crippen MR) is 136 cm³/mol. The highest BCUT2D eigenvalue weighted by molar-refractivity contribution is 5.30. The molecule has 34 heavy (non-hydrogen) atoms. The van der Waals surface area contributed by atoms with Crippen LogP contribution >= 0.6 is 0 Å². The Balaban J connectivity index is 1.23. The molecule has 3 heteroatoms. The molecule has 2 saturated carbocycles. The number of hydrogen-bond acceptors (Lipinski definition) is 1. The maximum Gasteiger partial charge on any atom is 0.162 e. The van der Waals surface area contributed by atoms with Crippen LogP contribution in [0.3, 0.4) is 0 Å². The molecule has 2 aliphatic carbocycles. The summed E-state index contributed by atoms with van der Waals surface area (Å²) >= 11 is 0. The zero-order valence-corrected chi connectivity index (χ0v) is 21.1. The Bertz CT molecular complexity index is 890. The maximum absolute atomic E-state index is 14.7. The van der Waals surface area contributed by atoms with Gasteiger partial charge in [0.2, 0.25) is 0 Å². The molecule has 186 valence electrons. The van der Waals surface area contributed by atoms with E-state index in [2.05, 4.69) is 31.2 Å². The summed E-state index contributed by atoms with van der Waals surface area (Å²) in [6, 6.07) is 12.7. The molecule has 0 heterocycles. The third-order valence-electron chi connectivity index (χ3n) is 8.31. The first-order chi connectivity index (χ1) is 16.6. The molecule has 2 aliphatic rings. The Hall–Kier alpha value is -1.74. The average molecular weight is 469 g/mol. The highest BCUT2D eigenvalue weighted by Gasteiger charge is 2.27. The van der Waals surface area contributed by atoms with E-state index >= 15 is 0 Å². The summed E-state index contributed by atoms with van der Waals surface area (Å²) in [4.78, 5) is 0. The van der Waals surface area contributed by atoms with Gasteiger partial charge >= 0.3 is 0 Å². The SMILES string of the molecule is CCCc1ccc(C2CCC(OCc3ccc(C4CCC(CCC)CC4)cc3)CC2)c(F)c1F. The number of hydrogen-bond donors (Lipinski definition) is 0. The Morgan fingerprint density at radius 3 is 2.06 bits per heavy atom. The van der Waals surface area contributed by atoms with Crippen LogP contribution in [0.4, 0.5) is 8.78 Å². The summed E-state index contributed by atoms with van der Waals surface area (Å²) < 4.78 is 35.3. The van der Waals surface area contributed by atoms with Crippen LogP contribution in [0, 0.1) is 17.6 Å². The molecule has 2 aromatic carbocycles. The van der Waals surface area contributed by atoms with E-state index in [1.165, 1.54) is 49.7 Å². The number of rotatable bonds is 9. The molecular formula is C31H42F2O. The molecule has 0 atom stereocenters. The lowest BCUT2D eigenvalue weighted by atomic mass is 9.77. The lowest BCUT2D eigenvalue weighted by Crippen LogP contribution is -2.21. The lowest BCUT2D eigenvalue weighted by molar-refractivity contribution is 0.0131. The van der Waals surface area contributed by atoms with Gasteiger partial charge < -0.3 is 4.74 Å². The van der Waals surface area contributed by atoms with E-state index < -0.39 is 11.6 Å².